The molecule has 1 rings (SSSR count). The maximum atomic E-state index is 10.5. The molecule has 0 saturated heterocycles. The van der Waals surface area contributed by atoms with E-state index in [0.717, 1.165) is 0 Å². The Kier molecular flexibility index (Phi) is 11.4. The molecule has 0 aliphatic carbocycles. The fourth-order valence-electron chi connectivity index (χ4n) is 1.56. The van der Waals surface area contributed by atoms with Crippen LogP contribution in [0.3, 0.4) is 0 Å². The van der Waals surface area contributed by atoms with Gasteiger partial charge in [0, 0.05) is 11.1 Å². The monoisotopic (exact) mass is 408 g/mol. The minimum atomic E-state index is -1.14. The molecule has 0 amide bonds. The highest BCUT2D eigenvalue weighted by atomic mass is 127. The van der Waals surface area contributed by atoms with Gasteiger partial charge >= 0.3 is 11.9 Å². The number of aliphatic carboxylic acids is 2. The fraction of sp³-hybridized carbons (Fsp3) is 0.357. The van der Waals surface area contributed by atoms with Gasteiger partial charge in [0.15, 0.2) is 0 Å². The number of aryl methyl sites for hydroxylation is 1. The Morgan fingerprint density at radius 3 is 1.76 bits per heavy atom. The molecule has 0 aromatic carbocycles. The number of aromatic nitrogens is 2. The summed E-state index contributed by atoms with van der Waals surface area (Å²) in [7, 11) is 1.97. The summed E-state index contributed by atoms with van der Waals surface area (Å²) >= 11 is 0. The lowest BCUT2D eigenvalue weighted by atomic mass is 10.0. The zero-order valence-corrected chi connectivity index (χ0v) is 14.6. The first-order valence-electron chi connectivity index (χ1n) is 6.21. The Bertz CT molecular complexity index is 497. The van der Waals surface area contributed by atoms with Crippen LogP contribution in [0.25, 0.3) is 6.20 Å². The average molecular weight is 408 g/mol. The Morgan fingerprint density at radius 2 is 1.62 bits per heavy atom. The van der Waals surface area contributed by atoms with Crippen LogP contribution in [0, 0.1) is 0 Å². The van der Waals surface area contributed by atoms with Crippen LogP contribution in [0.1, 0.15) is 26.7 Å². The van der Waals surface area contributed by atoms with E-state index in [1.165, 1.54) is 0 Å². The lowest BCUT2D eigenvalue weighted by Crippen LogP contribution is -3.00. The van der Waals surface area contributed by atoms with Crippen LogP contribution in [0.5, 0.6) is 0 Å². The van der Waals surface area contributed by atoms with Gasteiger partial charge in [0.25, 0.3) is 0 Å². The summed E-state index contributed by atoms with van der Waals surface area (Å²) in [6, 6.07) is 0. The SMILES string of the molecule is C=Cn1cc[n+](C)c1.CC/C(C(=O)O)=C(\CC)C(=O)O.[I-]. The van der Waals surface area contributed by atoms with Crippen molar-refractivity contribution in [2.24, 2.45) is 7.05 Å². The first-order valence-corrected chi connectivity index (χ1v) is 6.21. The molecule has 6 nitrogen and oxygen atoms in total. The predicted octanol–water partition coefficient (Wildman–Crippen LogP) is -1.31. The summed E-state index contributed by atoms with van der Waals surface area (Å²) in [4.78, 5) is 21.0. The molecular weight excluding hydrogens is 387 g/mol. The number of carboxylic acids is 2. The van der Waals surface area contributed by atoms with Crippen LogP contribution in [-0.4, -0.2) is 26.7 Å². The summed E-state index contributed by atoms with van der Waals surface area (Å²) in [5.41, 5.74) is -0.0185. The molecule has 0 fully saturated rings. The summed E-state index contributed by atoms with van der Waals surface area (Å²) in [5.74, 6) is -2.28. The van der Waals surface area contributed by atoms with Gasteiger partial charge in [-0.25, -0.2) is 18.7 Å². The zero-order valence-electron chi connectivity index (χ0n) is 12.4. The third kappa shape index (κ3) is 7.64. The Balaban J connectivity index is 0. The van der Waals surface area contributed by atoms with E-state index in [9.17, 15) is 9.59 Å². The van der Waals surface area contributed by atoms with Gasteiger partial charge in [-0.05, 0) is 12.8 Å². The molecule has 0 radical (unpaired) electrons. The van der Waals surface area contributed by atoms with Crippen molar-refractivity contribution in [2.75, 3.05) is 0 Å². The number of carboxylic acid groups (broad SMARTS) is 2. The molecule has 0 atom stereocenters. The Labute approximate surface area is 141 Å². The number of rotatable bonds is 5. The van der Waals surface area contributed by atoms with E-state index in [1.807, 2.05) is 34.9 Å². The van der Waals surface area contributed by atoms with Crippen LogP contribution in [0.2, 0.25) is 0 Å². The highest BCUT2D eigenvalue weighted by Gasteiger charge is 2.16. The molecule has 1 heterocycles. The van der Waals surface area contributed by atoms with Crippen LogP contribution in [-0.2, 0) is 16.6 Å². The first-order chi connectivity index (χ1) is 9.37. The van der Waals surface area contributed by atoms with Crippen LogP contribution < -0.4 is 28.5 Å². The second-order valence-corrected chi connectivity index (χ2v) is 3.98. The molecule has 0 unspecified atom stereocenters. The van der Waals surface area contributed by atoms with Gasteiger partial charge in [-0.3, -0.25) is 0 Å². The molecule has 2 N–H and O–H groups in total. The van der Waals surface area contributed by atoms with Crippen molar-refractivity contribution in [1.82, 2.24) is 4.57 Å². The minimum Gasteiger partial charge on any atom is -1.00 e. The molecule has 7 heteroatoms. The molecule has 0 spiro atoms. The van der Waals surface area contributed by atoms with Crippen LogP contribution in [0.4, 0.5) is 0 Å². The van der Waals surface area contributed by atoms with Crippen molar-refractivity contribution in [3.05, 3.63) is 36.4 Å². The first kappa shape index (κ1) is 21.7. The molecular formula is C14H21IN2O4. The van der Waals surface area contributed by atoms with E-state index >= 15 is 0 Å². The van der Waals surface area contributed by atoms with Gasteiger partial charge in [-0.1, -0.05) is 20.4 Å². The molecule has 1 aromatic rings. The largest absolute Gasteiger partial charge is 1.00 e. The molecule has 0 aliphatic heterocycles. The maximum Gasteiger partial charge on any atom is 0.332 e. The van der Waals surface area contributed by atoms with Crippen LogP contribution >= 0.6 is 0 Å². The summed E-state index contributed by atoms with van der Waals surface area (Å²) in [6.07, 6.45) is 8.07. The number of hydrogen-bond donors (Lipinski definition) is 2. The van der Waals surface area contributed by atoms with Crippen molar-refractivity contribution in [1.29, 1.82) is 0 Å². The fourth-order valence-corrected chi connectivity index (χ4v) is 1.56. The van der Waals surface area contributed by atoms with Gasteiger partial charge < -0.3 is 34.2 Å². The number of halogens is 1. The van der Waals surface area contributed by atoms with E-state index in [-0.39, 0.29) is 48.0 Å². The number of imidazole rings is 1. The van der Waals surface area contributed by atoms with Gasteiger partial charge in [0.05, 0.1) is 13.2 Å². The van der Waals surface area contributed by atoms with Crippen LogP contribution in [0.15, 0.2) is 36.4 Å². The normalized spacial score (nSPS) is 10.4. The Hall–Kier alpha value is -1.64. The third-order valence-corrected chi connectivity index (χ3v) is 2.59. The summed E-state index contributed by atoms with van der Waals surface area (Å²) < 4.78 is 3.85. The second-order valence-electron chi connectivity index (χ2n) is 3.98. The van der Waals surface area contributed by atoms with Crippen molar-refractivity contribution in [2.45, 2.75) is 26.7 Å². The van der Waals surface area contributed by atoms with Gasteiger partial charge in [0.2, 0.25) is 6.33 Å². The number of nitrogens with zero attached hydrogens (tertiary/aromatic N) is 2. The van der Waals surface area contributed by atoms with Gasteiger partial charge in [-0.2, -0.15) is 0 Å². The highest BCUT2D eigenvalue weighted by Crippen LogP contribution is 2.12. The molecule has 0 bridgehead atoms. The predicted molar refractivity (Wildman–Crippen MR) is 74.9 cm³/mol. The highest BCUT2D eigenvalue weighted by molar-refractivity contribution is 5.98. The topological polar surface area (TPSA) is 83.4 Å². The Morgan fingerprint density at radius 1 is 1.19 bits per heavy atom. The number of hydrogen-bond acceptors (Lipinski definition) is 2. The quantitative estimate of drug-likeness (QED) is 0.360. The number of carbonyl (C=O) groups is 2. The van der Waals surface area contributed by atoms with Crippen molar-refractivity contribution >= 4 is 18.1 Å². The third-order valence-electron chi connectivity index (χ3n) is 2.59. The maximum absolute atomic E-state index is 10.5. The lowest BCUT2D eigenvalue weighted by molar-refractivity contribution is -0.670. The molecule has 118 valence electrons. The van der Waals surface area contributed by atoms with Gasteiger partial charge in [-0.15, -0.1) is 0 Å². The van der Waals surface area contributed by atoms with Crippen molar-refractivity contribution in [3.63, 3.8) is 0 Å². The molecule has 0 saturated carbocycles. The smallest absolute Gasteiger partial charge is 0.332 e. The van der Waals surface area contributed by atoms with E-state index in [1.54, 1.807) is 20.0 Å². The van der Waals surface area contributed by atoms with Crippen molar-refractivity contribution < 1.29 is 48.3 Å². The second kappa shape index (κ2) is 11.1. The standard InChI is InChI=1S/C8H12O4.C6H9N2.HI/c1-3-5(7(9)10)6(4-2)8(11)12;1-3-8-5-4-7(2)6-8;/h3-4H2,1-2H3,(H,9,10)(H,11,12);3-6H,1H2,2H3;1H/q;+1;/p-1/b6-5-;;. The minimum absolute atomic E-state index is 0. The molecule has 0 aliphatic rings. The lowest BCUT2D eigenvalue weighted by Gasteiger charge is -2.03. The average Bonchev–Trinajstić information content (AvgIpc) is 2.81. The molecule has 21 heavy (non-hydrogen) atoms. The van der Waals surface area contributed by atoms with E-state index in [4.69, 9.17) is 10.2 Å². The van der Waals surface area contributed by atoms with E-state index in [0.29, 0.717) is 0 Å². The summed E-state index contributed by atoms with van der Waals surface area (Å²) in [6.45, 7) is 6.85. The zero-order chi connectivity index (χ0) is 15.7. The van der Waals surface area contributed by atoms with Crippen molar-refractivity contribution in [3.8, 4) is 0 Å². The van der Waals surface area contributed by atoms with E-state index in [2.05, 4.69) is 6.58 Å². The summed E-state index contributed by atoms with van der Waals surface area (Å²) in [5, 5.41) is 17.2. The molecule has 1 aromatic heterocycles. The van der Waals surface area contributed by atoms with E-state index < -0.39 is 11.9 Å². The van der Waals surface area contributed by atoms with Gasteiger partial charge in [0.1, 0.15) is 12.4 Å².